The van der Waals surface area contributed by atoms with Crippen LogP contribution in [0.25, 0.3) is 0 Å². The van der Waals surface area contributed by atoms with Gasteiger partial charge < -0.3 is 4.18 Å². The van der Waals surface area contributed by atoms with Crippen LogP contribution in [-0.2, 0) is 10.1 Å². The second kappa shape index (κ2) is 3.86. The molecule has 0 radical (unpaired) electrons. The normalized spacial score (nSPS) is 11.3. The van der Waals surface area contributed by atoms with Crippen LogP contribution in [0.5, 0.6) is 5.75 Å². The van der Waals surface area contributed by atoms with E-state index in [1.165, 1.54) is 6.07 Å². The molecule has 0 heterocycles. The van der Waals surface area contributed by atoms with Gasteiger partial charge in [-0.2, -0.15) is 8.42 Å². The van der Waals surface area contributed by atoms with E-state index in [1.54, 1.807) is 12.1 Å². The van der Waals surface area contributed by atoms with Crippen LogP contribution >= 0.6 is 27.5 Å². The lowest BCUT2D eigenvalue weighted by Crippen LogP contribution is -2.05. The minimum absolute atomic E-state index is 0.229. The maximum atomic E-state index is 10.8. The molecule has 0 aliphatic carbocycles. The van der Waals surface area contributed by atoms with E-state index in [9.17, 15) is 8.42 Å². The van der Waals surface area contributed by atoms with E-state index < -0.39 is 10.1 Å². The lowest BCUT2D eigenvalue weighted by molar-refractivity contribution is 0.491. The Labute approximate surface area is 89.9 Å². The van der Waals surface area contributed by atoms with Crippen molar-refractivity contribution in [1.29, 1.82) is 0 Å². The first-order chi connectivity index (χ1) is 5.88. The van der Waals surface area contributed by atoms with E-state index in [2.05, 4.69) is 20.1 Å². The predicted molar refractivity (Wildman–Crippen MR) is 54.6 cm³/mol. The molecule has 0 spiro atoms. The van der Waals surface area contributed by atoms with Crippen molar-refractivity contribution in [2.45, 2.75) is 0 Å². The lowest BCUT2D eigenvalue weighted by Gasteiger charge is -2.04. The van der Waals surface area contributed by atoms with Gasteiger partial charge >= 0.3 is 10.1 Å². The van der Waals surface area contributed by atoms with Gasteiger partial charge in [-0.05, 0) is 34.1 Å². The molecule has 1 aromatic rings. The summed E-state index contributed by atoms with van der Waals surface area (Å²) in [6, 6.07) is 4.59. The molecule has 0 saturated carbocycles. The Morgan fingerprint density at radius 2 is 2.08 bits per heavy atom. The lowest BCUT2D eigenvalue weighted by atomic mass is 10.3. The number of halogens is 2. The third-order valence-corrected chi connectivity index (χ3v) is 2.47. The summed E-state index contributed by atoms with van der Waals surface area (Å²) in [6.07, 6.45) is 0.980. The van der Waals surface area contributed by atoms with E-state index in [1.807, 2.05) is 0 Å². The van der Waals surface area contributed by atoms with Crippen molar-refractivity contribution in [3.8, 4) is 5.75 Å². The molecule has 1 rings (SSSR count). The molecule has 1 aromatic carbocycles. The second-order valence-corrected chi connectivity index (χ2v) is 5.23. The summed E-state index contributed by atoms with van der Waals surface area (Å²) < 4.78 is 26.7. The molecule has 0 unspecified atom stereocenters. The van der Waals surface area contributed by atoms with Crippen LogP contribution in [-0.4, -0.2) is 14.7 Å². The van der Waals surface area contributed by atoms with Gasteiger partial charge in [0, 0.05) is 5.02 Å². The second-order valence-electron chi connectivity index (χ2n) is 2.36. The van der Waals surface area contributed by atoms with E-state index in [4.69, 9.17) is 11.6 Å². The summed E-state index contributed by atoms with van der Waals surface area (Å²) in [6.45, 7) is 0. The summed E-state index contributed by atoms with van der Waals surface area (Å²) in [5, 5.41) is 0.507. The van der Waals surface area contributed by atoms with Gasteiger partial charge in [-0.3, -0.25) is 0 Å². The van der Waals surface area contributed by atoms with Crippen molar-refractivity contribution >= 4 is 37.6 Å². The zero-order chi connectivity index (χ0) is 10.1. The Kier molecular flexibility index (Phi) is 3.21. The van der Waals surface area contributed by atoms with Crippen LogP contribution < -0.4 is 4.18 Å². The highest BCUT2D eigenvalue weighted by Crippen LogP contribution is 2.28. The highest BCUT2D eigenvalue weighted by Gasteiger charge is 2.07. The number of hydrogen-bond donors (Lipinski definition) is 0. The first kappa shape index (κ1) is 10.8. The number of hydrogen-bond acceptors (Lipinski definition) is 3. The Morgan fingerprint density at radius 1 is 1.46 bits per heavy atom. The number of rotatable bonds is 2. The zero-order valence-corrected chi connectivity index (χ0v) is 9.78. The first-order valence-corrected chi connectivity index (χ1v) is 6.22. The molecule has 0 aliphatic rings. The standard InChI is InChI=1S/C7H6BrClO3S/c1-13(10,11)12-7-3-2-5(9)4-6(7)8/h2-4H,1H3. The van der Waals surface area contributed by atoms with Gasteiger partial charge in [0.15, 0.2) is 5.75 Å². The van der Waals surface area contributed by atoms with Crippen LogP contribution in [0.3, 0.4) is 0 Å². The Balaban J connectivity index is 3.04. The average molecular weight is 286 g/mol. The molecule has 0 fully saturated rings. The Hall–Kier alpha value is -0.260. The van der Waals surface area contributed by atoms with E-state index >= 15 is 0 Å². The summed E-state index contributed by atoms with van der Waals surface area (Å²) in [5.41, 5.74) is 0. The SMILES string of the molecule is CS(=O)(=O)Oc1ccc(Cl)cc1Br. The molecule has 0 aliphatic heterocycles. The highest BCUT2D eigenvalue weighted by atomic mass is 79.9. The monoisotopic (exact) mass is 284 g/mol. The minimum Gasteiger partial charge on any atom is -0.381 e. The van der Waals surface area contributed by atoms with Crippen LogP contribution in [0.1, 0.15) is 0 Å². The third kappa shape index (κ3) is 3.54. The van der Waals surface area contributed by atoms with E-state index in [0.29, 0.717) is 9.50 Å². The van der Waals surface area contributed by atoms with Crippen molar-refractivity contribution in [2.75, 3.05) is 6.26 Å². The van der Waals surface area contributed by atoms with Gasteiger partial charge in [-0.1, -0.05) is 11.6 Å². The maximum Gasteiger partial charge on any atom is 0.306 e. The predicted octanol–water partition coefficient (Wildman–Crippen LogP) is 2.44. The largest absolute Gasteiger partial charge is 0.381 e. The van der Waals surface area contributed by atoms with Gasteiger partial charge in [-0.25, -0.2) is 0 Å². The average Bonchev–Trinajstić information content (AvgIpc) is 1.93. The fourth-order valence-electron chi connectivity index (χ4n) is 0.706. The van der Waals surface area contributed by atoms with Crippen molar-refractivity contribution < 1.29 is 12.6 Å². The summed E-state index contributed by atoms with van der Waals surface area (Å²) in [7, 11) is -3.49. The van der Waals surface area contributed by atoms with Crippen molar-refractivity contribution in [3.63, 3.8) is 0 Å². The van der Waals surface area contributed by atoms with Gasteiger partial charge in [0.25, 0.3) is 0 Å². The molecule has 13 heavy (non-hydrogen) atoms. The molecule has 72 valence electrons. The fourth-order valence-corrected chi connectivity index (χ4v) is 2.05. The van der Waals surface area contributed by atoms with Crippen LogP contribution in [0.4, 0.5) is 0 Å². The first-order valence-electron chi connectivity index (χ1n) is 3.23. The number of benzene rings is 1. The van der Waals surface area contributed by atoms with Crippen molar-refractivity contribution in [3.05, 3.63) is 27.7 Å². The van der Waals surface area contributed by atoms with Crippen LogP contribution in [0, 0.1) is 0 Å². The smallest absolute Gasteiger partial charge is 0.306 e. The van der Waals surface area contributed by atoms with Crippen LogP contribution in [0.2, 0.25) is 5.02 Å². The van der Waals surface area contributed by atoms with Crippen molar-refractivity contribution in [2.24, 2.45) is 0 Å². The van der Waals surface area contributed by atoms with Gasteiger partial charge in [-0.15, -0.1) is 0 Å². The van der Waals surface area contributed by atoms with E-state index in [-0.39, 0.29) is 5.75 Å². The third-order valence-electron chi connectivity index (χ3n) is 1.14. The molecule has 0 amide bonds. The molecular formula is C7H6BrClO3S. The summed E-state index contributed by atoms with van der Waals surface area (Å²) >= 11 is 8.78. The van der Waals surface area contributed by atoms with Gasteiger partial charge in [0.1, 0.15) is 0 Å². The fraction of sp³-hybridized carbons (Fsp3) is 0.143. The molecule has 6 heteroatoms. The summed E-state index contributed by atoms with van der Waals surface area (Å²) in [5.74, 6) is 0.229. The molecule has 0 aromatic heterocycles. The maximum absolute atomic E-state index is 10.8. The topological polar surface area (TPSA) is 43.4 Å². The Morgan fingerprint density at radius 3 is 2.54 bits per heavy atom. The molecule has 3 nitrogen and oxygen atoms in total. The molecule has 0 N–H and O–H groups in total. The van der Waals surface area contributed by atoms with Crippen molar-refractivity contribution in [1.82, 2.24) is 0 Å². The summed E-state index contributed by atoms with van der Waals surface area (Å²) in [4.78, 5) is 0. The van der Waals surface area contributed by atoms with Gasteiger partial charge in [0.05, 0.1) is 10.7 Å². The molecule has 0 atom stereocenters. The molecule has 0 bridgehead atoms. The Bertz CT molecular complexity index is 416. The molecule has 0 saturated heterocycles. The molecular weight excluding hydrogens is 279 g/mol. The van der Waals surface area contributed by atoms with Crippen LogP contribution in [0.15, 0.2) is 22.7 Å². The zero-order valence-electron chi connectivity index (χ0n) is 6.62. The minimum atomic E-state index is -3.49. The quantitative estimate of drug-likeness (QED) is 0.784. The van der Waals surface area contributed by atoms with E-state index in [0.717, 1.165) is 6.26 Å². The van der Waals surface area contributed by atoms with Gasteiger partial charge in [0.2, 0.25) is 0 Å². The highest BCUT2D eigenvalue weighted by molar-refractivity contribution is 9.10.